The smallest absolute Gasteiger partial charge is 0.291 e. The van der Waals surface area contributed by atoms with Crippen LogP contribution in [0.5, 0.6) is 0 Å². The Morgan fingerprint density at radius 1 is 1.29 bits per heavy atom. The van der Waals surface area contributed by atoms with Gasteiger partial charge in [0.15, 0.2) is 0 Å². The number of hydrogen-bond donors (Lipinski definition) is 0. The molecule has 21 heavy (non-hydrogen) atoms. The molecule has 1 saturated heterocycles. The maximum absolute atomic E-state index is 12.3. The van der Waals surface area contributed by atoms with Crippen LogP contribution in [0.3, 0.4) is 0 Å². The van der Waals surface area contributed by atoms with Gasteiger partial charge in [0.2, 0.25) is 5.91 Å². The van der Waals surface area contributed by atoms with Gasteiger partial charge >= 0.3 is 0 Å². The van der Waals surface area contributed by atoms with Gasteiger partial charge in [-0.3, -0.25) is 9.59 Å². The molecule has 0 N–H and O–H groups in total. The molecule has 3 heterocycles. The highest BCUT2D eigenvalue weighted by Crippen LogP contribution is 2.02. The SMILES string of the molecule is CCN1CCN(C(=O)Cn2ncn3cccc3c2=O)CC1. The van der Waals surface area contributed by atoms with E-state index in [2.05, 4.69) is 16.9 Å². The molecule has 0 aromatic carbocycles. The molecule has 7 nitrogen and oxygen atoms in total. The second kappa shape index (κ2) is 5.69. The summed E-state index contributed by atoms with van der Waals surface area (Å²) in [6.45, 7) is 6.35. The average Bonchev–Trinajstić information content (AvgIpc) is 2.99. The van der Waals surface area contributed by atoms with Crippen molar-refractivity contribution in [2.45, 2.75) is 13.5 Å². The van der Waals surface area contributed by atoms with Crippen LogP contribution in [0.2, 0.25) is 0 Å². The summed E-state index contributed by atoms with van der Waals surface area (Å²) >= 11 is 0. The minimum atomic E-state index is -0.233. The largest absolute Gasteiger partial charge is 0.339 e. The molecular weight excluding hydrogens is 270 g/mol. The van der Waals surface area contributed by atoms with Gasteiger partial charge in [-0.05, 0) is 18.7 Å². The minimum absolute atomic E-state index is 0.00659. The molecule has 2 aromatic rings. The Bertz CT molecular complexity index is 697. The zero-order chi connectivity index (χ0) is 14.8. The van der Waals surface area contributed by atoms with Crippen LogP contribution in [-0.4, -0.2) is 62.6 Å². The monoisotopic (exact) mass is 289 g/mol. The summed E-state index contributed by atoms with van der Waals surface area (Å²) in [5.74, 6) is -0.0451. The summed E-state index contributed by atoms with van der Waals surface area (Å²) in [4.78, 5) is 28.6. The number of carbonyl (C=O) groups excluding carboxylic acids is 1. The number of hydrogen-bond acceptors (Lipinski definition) is 4. The molecule has 0 bridgehead atoms. The van der Waals surface area contributed by atoms with Crippen molar-refractivity contribution in [2.24, 2.45) is 0 Å². The molecule has 0 atom stereocenters. The normalized spacial score (nSPS) is 16.5. The molecule has 2 aromatic heterocycles. The third kappa shape index (κ3) is 2.69. The number of likely N-dealkylation sites (N-methyl/N-ethyl adjacent to an activating group) is 1. The van der Waals surface area contributed by atoms with E-state index >= 15 is 0 Å². The van der Waals surface area contributed by atoms with Gasteiger partial charge in [0.05, 0.1) is 0 Å². The van der Waals surface area contributed by atoms with Gasteiger partial charge in [0.1, 0.15) is 18.4 Å². The highest BCUT2D eigenvalue weighted by Gasteiger charge is 2.21. The van der Waals surface area contributed by atoms with E-state index in [4.69, 9.17) is 0 Å². The predicted molar refractivity (Wildman–Crippen MR) is 78.1 cm³/mol. The Kier molecular flexibility index (Phi) is 3.74. The third-order valence-electron chi connectivity index (χ3n) is 4.01. The van der Waals surface area contributed by atoms with E-state index in [1.165, 1.54) is 4.68 Å². The van der Waals surface area contributed by atoms with Gasteiger partial charge in [-0.1, -0.05) is 6.92 Å². The van der Waals surface area contributed by atoms with Gasteiger partial charge in [-0.15, -0.1) is 0 Å². The molecule has 1 fully saturated rings. The highest BCUT2D eigenvalue weighted by molar-refractivity contribution is 5.76. The fraction of sp³-hybridized carbons (Fsp3) is 0.500. The molecule has 0 spiro atoms. The molecule has 3 rings (SSSR count). The molecule has 0 unspecified atom stereocenters. The Morgan fingerprint density at radius 2 is 2.05 bits per heavy atom. The van der Waals surface area contributed by atoms with Crippen molar-refractivity contribution in [3.63, 3.8) is 0 Å². The van der Waals surface area contributed by atoms with Crippen LogP contribution in [-0.2, 0) is 11.3 Å². The molecular formula is C14H19N5O2. The van der Waals surface area contributed by atoms with Crippen molar-refractivity contribution in [3.8, 4) is 0 Å². The summed E-state index contributed by atoms with van der Waals surface area (Å²) in [5, 5.41) is 4.05. The maximum Gasteiger partial charge on any atom is 0.291 e. The van der Waals surface area contributed by atoms with Crippen molar-refractivity contribution in [1.29, 1.82) is 0 Å². The van der Waals surface area contributed by atoms with Crippen LogP contribution in [0, 0.1) is 0 Å². The lowest BCUT2D eigenvalue weighted by atomic mass is 10.3. The van der Waals surface area contributed by atoms with E-state index in [-0.39, 0.29) is 18.0 Å². The van der Waals surface area contributed by atoms with Crippen LogP contribution in [0.4, 0.5) is 0 Å². The first-order valence-corrected chi connectivity index (χ1v) is 7.22. The fourth-order valence-electron chi connectivity index (χ4n) is 2.63. The molecule has 1 amide bonds. The number of rotatable bonds is 3. The Morgan fingerprint density at radius 3 is 2.76 bits per heavy atom. The number of fused-ring (bicyclic) bond motifs is 1. The topological polar surface area (TPSA) is 62.9 Å². The molecule has 1 aliphatic heterocycles. The first kappa shape index (κ1) is 13.8. The Hall–Kier alpha value is -2.15. The summed E-state index contributed by atoms with van der Waals surface area (Å²) in [7, 11) is 0. The molecule has 1 aliphatic rings. The first-order valence-electron chi connectivity index (χ1n) is 7.22. The molecule has 0 saturated carbocycles. The molecule has 7 heteroatoms. The van der Waals surface area contributed by atoms with Crippen molar-refractivity contribution in [2.75, 3.05) is 32.7 Å². The Labute approximate surface area is 122 Å². The molecule has 112 valence electrons. The second-order valence-electron chi connectivity index (χ2n) is 5.21. The molecule has 0 aliphatic carbocycles. The second-order valence-corrected chi connectivity index (χ2v) is 5.21. The highest BCUT2D eigenvalue weighted by atomic mass is 16.2. The van der Waals surface area contributed by atoms with Gasteiger partial charge in [0.25, 0.3) is 5.56 Å². The van der Waals surface area contributed by atoms with Crippen molar-refractivity contribution < 1.29 is 4.79 Å². The quantitative estimate of drug-likeness (QED) is 0.775. The van der Waals surface area contributed by atoms with E-state index < -0.39 is 0 Å². The average molecular weight is 289 g/mol. The maximum atomic E-state index is 12.3. The zero-order valence-corrected chi connectivity index (χ0v) is 12.1. The van der Waals surface area contributed by atoms with Crippen LogP contribution in [0.1, 0.15) is 6.92 Å². The number of nitrogens with zero attached hydrogens (tertiary/aromatic N) is 5. The lowest BCUT2D eigenvalue weighted by Crippen LogP contribution is -2.50. The first-order chi connectivity index (χ1) is 10.2. The summed E-state index contributed by atoms with van der Waals surface area (Å²) in [6.07, 6.45) is 3.32. The fourth-order valence-corrected chi connectivity index (χ4v) is 2.63. The third-order valence-corrected chi connectivity index (χ3v) is 4.01. The lowest BCUT2D eigenvalue weighted by Gasteiger charge is -2.34. The van der Waals surface area contributed by atoms with Crippen LogP contribution < -0.4 is 5.56 Å². The van der Waals surface area contributed by atoms with E-state index in [0.29, 0.717) is 5.52 Å². The minimum Gasteiger partial charge on any atom is -0.339 e. The van der Waals surface area contributed by atoms with Gasteiger partial charge in [-0.25, -0.2) is 4.68 Å². The number of amides is 1. The molecule has 0 radical (unpaired) electrons. The van der Waals surface area contributed by atoms with Crippen molar-refractivity contribution in [3.05, 3.63) is 35.0 Å². The van der Waals surface area contributed by atoms with E-state index in [1.807, 2.05) is 4.90 Å². The van der Waals surface area contributed by atoms with Crippen LogP contribution in [0.15, 0.2) is 29.5 Å². The lowest BCUT2D eigenvalue weighted by molar-refractivity contribution is -0.133. The van der Waals surface area contributed by atoms with Crippen LogP contribution in [0.25, 0.3) is 5.52 Å². The summed E-state index contributed by atoms with van der Waals surface area (Å²) < 4.78 is 2.90. The van der Waals surface area contributed by atoms with Crippen molar-refractivity contribution >= 4 is 11.4 Å². The zero-order valence-electron chi connectivity index (χ0n) is 12.1. The Balaban J connectivity index is 1.72. The van der Waals surface area contributed by atoms with Crippen LogP contribution >= 0.6 is 0 Å². The summed E-state index contributed by atoms with van der Waals surface area (Å²) in [5.41, 5.74) is 0.302. The predicted octanol–water partition coefficient (Wildman–Crippen LogP) is -0.340. The van der Waals surface area contributed by atoms with Gasteiger partial charge in [-0.2, -0.15) is 5.10 Å². The van der Waals surface area contributed by atoms with E-state index in [1.54, 1.807) is 29.1 Å². The number of piperazine rings is 1. The summed E-state index contributed by atoms with van der Waals surface area (Å²) in [6, 6.07) is 3.51. The van der Waals surface area contributed by atoms with E-state index in [9.17, 15) is 9.59 Å². The number of aromatic nitrogens is 3. The standard InChI is InChI=1S/C14H19N5O2/c1-2-16-6-8-17(9-7-16)13(20)10-19-14(21)12-4-3-5-18(12)11-15-19/h3-5,11H,2,6-10H2,1H3. The number of carbonyl (C=O) groups is 1. The van der Waals surface area contributed by atoms with E-state index in [0.717, 1.165) is 32.7 Å². The van der Waals surface area contributed by atoms with Gasteiger partial charge < -0.3 is 14.2 Å². The van der Waals surface area contributed by atoms with Gasteiger partial charge in [0, 0.05) is 32.4 Å². The van der Waals surface area contributed by atoms with Crippen molar-refractivity contribution in [1.82, 2.24) is 24.0 Å².